The second kappa shape index (κ2) is 9.11. The Bertz CT molecular complexity index is 1590. The second-order valence-electron chi connectivity index (χ2n) is 7.95. The van der Waals surface area contributed by atoms with Crippen LogP contribution in [-0.2, 0) is 0 Å². The first kappa shape index (κ1) is 21.8. The van der Waals surface area contributed by atoms with Crippen LogP contribution >= 0.6 is 0 Å². The first-order chi connectivity index (χ1) is 17.0. The van der Waals surface area contributed by atoms with Crippen molar-refractivity contribution < 1.29 is 15.3 Å². The summed E-state index contributed by atoms with van der Waals surface area (Å²) in [7, 11) is 0. The van der Waals surface area contributed by atoms with Gasteiger partial charge in [0.25, 0.3) is 5.56 Å². The lowest BCUT2D eigenvalue weighted by molar-refractivity contribution is 0.443. The van der Waals surface area contributed by atoms with Crippen molar-refractivity contribution in [2.24, 2.45) is 10.2 Å². The number of rotatable bonds is 5. The minimum atomic E-state index is -0.666. The summed E-state index contributed by atoms with van der Waals surface area (Å²) in [6.07, 6.45) is 0. The van der Waals surface area contributed by atoms with Gasteiger partial charge in [0.1, 0.15) is 23.3 Å². The molecule has 0 amide bonds. The summed E-state index contributed by atoms with van der Waals surface area (Å²) in [5, 5.41) is 46.6. The van der Waals surface area contributed by atoms with Crippen LogP contribution in [0.25, 0.3) is 22.0 Å². The van der Waals surface area contributed by atoms with E-state index in [1.54, 1.807) is 42.5 Å². The monoisotopic (exact) mass is 464 g/mol. The molecule has 0 bridgehead atoms. The van der Waals surface area contributed by atoms with Crippen molar-refractivity contribution in [2.45, 2.75) is 6.04 Å². The number of azo groups is 1. The Hall–Kier alpha value is -4.98. The van der Waals surface area contributed by atoms with E-state index in [1.165, 1.54) is 24.3 Å². The molecule has 1 aromatic heterocycles. The smallest absolute Gasteiger partial charge is 0.272 e. The van der Waals surface area contributed by atoms with E-state index < -0.39 is 6.04 Å². The van der Waals surface area contributed by atoms with Crippen LogP contribution < -0.4 is 5.56 Å². The number of phenols is 3. The average molecular weight is 464 g/mol. The van der Waals surface area contributed by atoms with Crippen molar-refractivity contribution in [3.63, 3.8) is 0 Å². The highest BCUT2D eigenvalue weighted by molar-refractivity contribution is 5.93. The minimum Gasteiger partial charge on any atom is -0.508 e. The highest BCUT2D eigenvalue weighted by Crippen LogP contribution is 2.36. The molecule has 1 atom stereocenters. The standard InChI is InChI=1S/C27H20N4O4/c32-19-11-7-17(8-12-19)26(23-14-13-20(33)15-24(23)34)29-28-18-9-5-16(6-10-18)25-21-3-1-2-4-22(21)27(35)31-30-25/h1-15,26,32-34H,(H,31,35). The van der Waals surface area contributed by atoms with Crippen LogP contribution in [0.3, 0.4) is 0 Å². The number of phenolic OH excluding ortho intramolecular Hbond substituents is 3. The fourth-order valence-electron chi connectivity index (χ4n) is 3.87. The number of hydrogen-bond donors (Lipinski definition) is 4. The third-order valence-corrected chi connectivity index (χ3v) is 5.64. The molecule has 8 heteroatoms. The number of hydrogen-bond acceptors (Lipinski definition) is 7. The van der Waals surface area contributed by atoms with Crippen molar-refractivity contribution >= 4 is 16.5 Å². The van der Waals surface area contributed by atoms with Gasteiger partial charge in [-0.1, -0.05) is 42.5 Å². The van der Waals surface area contributed by atoms with Gasteiger partial charge in [0.2, 0.25) is 0 Å². The lowest BCUT2D eigenvalue weighted by Gasteiger charge is -2.14. The van der Waals surface area contributed by atoms with E-state index in [0.29, 0.717) is 27.9 Å². The van der Waals surface area contributed by atoms with Gasteiger partial charge in [0.05, 0.1) is 16.8 Å². The molecule has 1 heterocycles. The van der Waals surface area contributed by atoms with Crippen LogP contribution in [0.15, 0.2) is 106 Å². The van der Waals surface area contributed by atoms with Gasteiger partial charge < -0.3 is 15.3 Å². The molecule has 4 N–H and O–H groups in total. The number of nitrogens with zero attached hydrogens (tertiary/aromatic N) is 3. The van der Waals surface area contributed by atoms with Gasteiger partial charge in [0, 0.05) is 22.6 Å². The Morgan fingerprint density at radius 2 is 1.46 bits per heavy atom. The first-order valence-electron chi connectivity index (χ1n) is 10.8. The molecule has 0 aliphatic heterocycles. The maximum absolute atomic E-state index is 12.1. The van der Waals surface area contributed by atoms with Gasteiger partial charge in [-0.05, 0) is 48.0 Å². The molecule has 5 rings (SSSR count). The third kappa shape index (κ3) is 4.45. The zero-order valence-electron chi connectivity index (χ0n) is 18.3. The van der Waals surface area contributed by atoms with E-state index >= 15 is 0 Å². The Kier molecular flexibility index (Phi) is 5.68. The summed E-state index contributed by atoms with van der Waals surface area (Å²) in [6, 6.07) is 24.6. The lowest BCUT2D eigenvalue weighted by atomic mass is 9.98. The Labute approximate surface area is 199 Å². The van der Waals surface area contributed by atoms with Gasteiger partial charge in [-0.25, -0.2) is 5.10 Å². The number of aromatic hydroxyl groups is 3. The molecule has 0 saturated carbocycles. The van der Waals surface area contributed by atoms with Gasteiger partial charge >= 0.3 is 0 Å². The van der Waals surface area contributed by atoms with E-state index in [9.17, 15) is 20.1 Å². The van der Waals surface area contributed by atoms with E-state index in [-0.39, 0.29) is 22.8 Å². The molecule has 0 radical (unpaired) electrons. The van der Waals surface area contributed by atoms with E-state index in [2.05, 4.69) is 20.4 Å². The largest absolute Gasteiger partial charge is 0.508 e. The van der Waals surface area contributed by atoms with Crippen molar-refractivity contribution in [1.29, 1.82) is 0 Å². The number of aromatic nitrogens is 2. The molecular weight excluding hydrogens is 444 g/mol. The SMILES string of the molecule is O=c1[nH]nc(-c2ccc(N=NC(c3ccc(O)cc3)c3ccc(O)cc3O)cc2)c2ccccc12. The molecule has 0 spiro atoms. The zero-order chi connectivity index (χ0) is 24.4. The minimum absolute atomic E-state index is 0.0633. The third-order valence-electron chi connectivity index (χ3n) is 5.64. The topological polar surface area (TPSA) is 131 Å². The predicted molar refractivity (Wildman–Crippen MR) is 132 cm³/mol. The Balaban J connectivity index is 1.49. The Morgan fingerprint density at radius 3 is 2.17 bits per heavy atom. The van der Waals surface area contributed by atoms with Gasteiger partial charge in [0.15, 0.2) is 0 Å². The highest BCUT2D eigenvalue weighted by Gasteiger charge is 2.18. The maximum Gasteiger partial charge on any atom is 0.272 e. The van der Waals surface area contributed by atoms with E-state index in [1.807, 2.05) is 24.3 Å². The molecule has 172 valence electrons. The zero-order valence-corrected chi connectivity index (χ0v) is 18.3. The van der Waals surface area contributed by atoms with Crippen LogP contribution in [0, 0.1) is 0 Å². The number of aromatic amines is 1. The molecule has 0 saturated heterocycles. The summed E-state index contributed by atoms with van der Waals surface area (Å²) in [5.74, 6) is -0.0710. The lowest BCUT2D eigenvalue weighted by Crippen LogP contribution is -2.09. The average Bonchev–Trinajstić information content (AvgIpc) is 2.87. The van der Waals surface area contributed by atoms with Crippen LogP contribution in [0.1, 0.15) is 17.2 Å². The molecule has 0 aliphatic rings. The first-order valence-corrected chi connectivity index (χ1v) is 10.8. The van der Waals surface area contributed by atoms with Crippen molar-refractivity contribution in [3.05, 3.63) is 112 Å². The van der Waals surface area contributed by atoms with Crippen LogP contribution in [0.2, 0.25) is 0 Å². The molecule has 1 unspecified atom stereocenters. The second-order valence-corrected chi connectivity index (χ2v) is 7.95. The molecule has 0 aliphatic carbocycles. The normalized spacial score (nSPS) is 12.2. The van der Waals surface area contributed by atoms with Gasteiger partial charge in [-0.3, -0.25) is 4.79 Å². The van der Waals surface area contributed by atoms with Crippen molar-refractivity contribution in [3.8, 4) is 28.5 Å². The van der Waals surface area contributed by atoms with E-state index in [4.69, 9.17) is 0 Å². The fraction of sp³-hybridized carbons (Fsp3) is 0.0370. The van der Waals surface area contributed by atoms with Gasteiger partial charge in [-0.15, -0.1) is 0 Å². The molecule has 8 nitrogen and oxygen atoms in total. The van der Waals surface area contributed by atoms with Crippen molar-refractivity contribution in [2.75, 3.05) is 0 Å². The van der Waals surface area contributed by atoms with E-state index in [0.717, 1.165) is 10.9 Å². The summed E-state index contributed by atoms with van der Waals surface area (Å²) in [4.78, 5) is 12.1. The summed E-state index contributed by atoms with van der Waals surface area (Å²) in [6.45, 7) is 0. The van der Waals surface area contributed by atoms with Crippen molar-refractivity contribution in [1.82, 2.24) is 10.2 Å². The maximum atomic E-state index is 12.1. The molecule has 0 fully saturated rings. The fourth-order valence-corrected chi connectivity index (χ4v) is 3.87. The number of nitrogens with one attached hydrogen (secondary N) is 1. The molecule has 35 heavy (non-hydrogen) atoms. The predicted octanol–water partition coefficient (Wildman–Crippen LogP) is 5.58. The summed E-state index contributed by atoms with van der Waals surface area (Å²) >= 11 is 0. The number of fused-ring (bicyclic) bond motifs is 1. The quantitative estimate of drug-likeness (QED) is 0.252. The van der Waals surface area contributed by atoms with Crippen LogP contribution in [-0.4, -0.2) is 25.5 Å². The summed E-state index contributed by atoms with van der Waals surface area (Å²) in [5.41, 5.74) is 2.95. The highest BCUT2D eigenvalue weighted by atomic mass is 16.3. The molecular formula is C27H20N4O4. The molecule has 4 aromatic carbocycles. The van der Waals surface area contributed by atoms with Gasteiger partial charge in [-0.2, -0.15) is 15.3 Å². The Morgan fingerprint density at radius 1 is 0.771 bits per heavy atom. The number of benzene rings is 4. The molecule has 5 aromatic rings. The summed E-state index contributed by atoms with van der Waals surface area (Å²) < 4.78 is 0. The van der Waals surface area contributed by atoms with Crippen LogP contribution in [0.4, 0.5) is 5.69 Å². The van der Waals surface area contributed by atoms with Crippen LogP contribution in [0.5, 0.6) is 17.2 Å². The number of H-pyrrole nitrogens is 1.